The second-order valence-corrected chi connectivity index (χ2v) is 19.5. The predicted molar refractivity (Wildman–Crippen MR) is 303 cm³/mol. The molecule has 1 heterocycles. The normalized spacial score (nSPS) is 13.6. The highest BCUT2D eigenvalue weighted by Crippen LogP contribution is 2.60. The summed E-state index contributed by atoms with van der Waals surface area (Å²) < 4.78 is 1.23. The Morgan fingerprint density at radius 2 is 0.528 bits per heavy atom. The molecule has 11 aromatic rings. The number of hydrogen-bond acceptors (Lipinski definition) is 3. The van der Waals surface area contributed by atoms with Crippen molar-refractivity contribution in [2.24, 2.45) is 0 Å². The third kappa shape index (κ3) is 6.74. The van der Waals surface area contributed by atoms with Gasteiger partial charge in [-0.15, -0.1) is 11.3 Å². The van der Waals surface area contributed by atoms with Gasteiger partial charge in [0.15, 0.2) is 0 Å². The van der Waals surface area contributed by atoms with Crippen molar-refractivity contribution in [3.8, 4) is 0 Å². The Morgan fingerprint density at radius 1 is 0.236 bits per heavy atom. The molecule has 15 rings (SSSR count). The molecule has 4 aliphatic rings. The number of hydrogen-bond donors (Lipinski definition) is 0. The van der Waals surface area contributed by atoms with E-state index in [1.54, 1.807) is 11.3 Å². The van der Waals surface area contributed by atoms with E-state index in [1.165, 1.54) is 110 Å². The first-order valence-corrected chi connectivity index (χ1v) is 25.4. The van der Waals surface area contributed by atoms with Crippen molar-refractivity contribution < 1.29 is 0 Å². The van der Waals surface area contributed by atoms with Gasteiger partial charge in [-0.25, -0.2) is 4.98 Å². The summed E-state index contributed by atoms with van der Waals surface area (Å²) in [5.41, 5.74) is 29.3. The molecule has 0 aliphatic heterocycles. The molecule has 0 saturated carbocycles. The van der Waals surface area contributed by atoms with E-state index in [4.69, 9.17) is 4.98 Å². The summed E-state index contributed by atoms with van der Waals surface area (Å²) in [7, 11) is 0. The standard InChI is InChI=1S/C40H27N.C29H17NS/c1-4-14-28(15-5-1)37-33-20-10-12-22-35(33)40-38(34-21-11-13-23-36(34)39(37)40)29-24-26-32(27-25-29)41(30-16-6-2-7-17-30)31-18-8-3-9-19-31;1-2-10-18(11-3-1)25-19-12-4-5-13-20(19)27-26(25)21-14-6-7-15-22(21)28(27)29-30-23-16-8-9-17-24(23)31-29/h1-27H;1-17H. The number of rotatable bonds is 7. The van der Waals surface area contributed by atoms with E-state index in [2.05, 4.69) is 272 Å². The molecule has 0 spiro atoms. The van der Waals surface area contributed by atoms with Gasteiger partial charge < -0.3 is 4.90 Å². The maximum Gasteiger partial charge on any atom is 0.125 e. The number of benzene rings is 10. The zero-order valence-electron chi connectivity index (χ0n) is 39.2. The van der Waals surface area contributed by atoms with E-state index in [1.807, 2.05) is 0 Å². The zero-order valence-corrected chi connectivity index (χ0v) is 40.0. The summed E-state index contributed by atoms with van der Waals surface area (Å²) >= 11 is 1.79. The van der Waals surface area contributed by atoms with Crippen molar-refractivity contribution in [2.75, 3.05) is 4.90 Å². The number of thiazole rings is 1. The number of para-hydroxylation sites is 3. The van der Waals surface area contributed by atoms with Crippen LogP contribution in [-0.4, -0.2) is 4.98 Å². The van der Waals surface area contributed by atoms with Gasteiger partial charge in [0, 0.05) is 28.2 Å². The molecule has 0 amide bonds. The summed E-state index contributed by atoms with van der Waals surface area (Å²) in [5, 5.41) is 1.10. The van der Waals surface area contributed by atoms with E-state index in [-0.39, 0.29) is 0 Å². The van der Waals surface area contributed by atoms with Crippen molar-refractivity contribution in [2.45, 2.75) is 0 Å². The lowest BCUT2D eigenvalue weighted by Crippen LogP contribution is -2.09. The third-order valence-corrected chi connectivity index (χ3v) is 15.5. The first-order chi connectivity index (χ1) is 35.8. The van der Waals surface area contributed by atoms with Crippen molar-refractivity contribution in [1.29, 1.82) is 0 Å². The third-order valence-electron chi connectivity index (χ3n) is 14.4. The Labute approximate surface area is 423 Å². The highest BCUT2D eigenvalue weighted by molar-refractivity contribution is 7.19. The predicted octanol–water partition coefficient (Wildman–Crippen LogP) is 17.9. The van der Waals surface area contributed by atoms with Crippen LogP contribution in [0.25, 0.3) is 54.8 Å². The monoisotopic (exact) mass is 932 g/mol. The van der Waals surface area contributed by atoms with Crippen LogP contribution in [0.4, 0.5) is 17.1 Å². The van der Waals surface area contributed by atoms with Gasteiger partial charge in [0.25, 0.3) is 0 Å². The molecule has 336 valence electrons. The van der Waals surface area contributed by atoms with Crippen LogP contribution in [0.1, 0.15) is 66.2 Å². The number of anilines is 3. The van der Waals surface area contributed by atoms with Gasteiger partial charge >= 0.3 is 0 Å². The summed E-state index contributed by atoms with van der Waals surface area (Å²) in [5.74, 6) is 0. The topological polar surface area (TPSA) is 16.1 Å². The van der Waals surface area contributed by atoms with E-state index in [0.29, 0.717) is 0 Å². The van der Waals surface area contributed by atoms with Crippen molar-refractivity contribution >= 4 is 83.2 Å². The molecule has 3 heteroatoms. The molecule has 72 heavy (non-hydrogen) atoms. The van der Waals surface area contributed by atoms with E-state index in [9.17, 15) is 0 Å². The molecule has 10 aromatic carbocycles. The highest BCUT2D eigenvalue weighted by Gasteiger charge is 2.39. The molecule has 0 atom stereocenters. The smallest absolute Gasteiger partial charge is 0.125 e. The maximum atomic E-state index is 5.06. The van der Waals surface area contributed by atoms with Gasteiger partial charge in [0.05, 0.1) is 10.2 Å². The fourth-order valence-corrected chi connectivity index (χ4v) is 12.5. The van der Waals surface area contributed by atoms with Gasteiger partial charge in [-0.05, 0) is 143 Å². The van der Waals surface area contributed by atoms with Crippen molar-refractivity contribution in [1.82, 2.24) is 4.98 Å². The molecule has 1 aromatic heterocycles. The second-order valence-electron chi connectivity index (χ2n) is 18.5. The summed E-state index contributed by atoms with van der Waals surface area (Å²) in [6.45, 7) is 0. The Bertz CT molecular complexity index is 3970. The van der Waals surface area contributed by atoms with Crippen LogP contribution >= 0.6 is 11.3 Å². The molecule has 0 unspecified atom stereocenters. The molecule has 2 nitrogen and oxygen atoms in total. The number of aromatic nitrogens is 1. The van der Waals surface area contributed by atoms with E-state index >= 15 is 0 Å². The lowest BCUT2D eigenvalue weighted by Gasteiger charge is -2.25. The fourth-order valence-electron chi connectivity index (χ4n) is 11.5. The van der Waals surface area contributed by atoms with Gasteiger partial charge in [0.1, 0.15) is 5.01 Å². The van der Waals surface area contributed by atoms with Crippen LogP contribution in [0.3, 0.4) is 0 Å². The molecule has 0 fully saturated rings. The van der Waals surface area contributed by atoms with Gasteiger partial charge in [0.2, 0.25) is 0 Å². The first-order valence-electron chi connectivity index (χ1n) is 24.6. The van der Waals surface area contributed by atoms with Crippen LogP contribution in [-0.2, 0) is 0 Å². The molecular formula is C69H44N2S. The minimum atomic E-state index is 1.07. The quantitative estimate of drug-likeness (QED) is 0.158. The van der Waals surface area contributed by atoms with Gasteiger partial charge in [-0.3, -0.25) is 0 Å². The van der Waals surface area contributed by atoms with Crippen LogP contribution in [0.15, 0.2) is 267 Å². The maximum absolute atomic E-state index is 5.06. The van der Waals surface area contributed by atoms with Gasteiger partial charge in [-0.1, -0.05) is 218 Å². The molecule has 0 N–H and O–H groups in total. The lowest BCUT2D eigenvalue weighted by molar-refractivity contribution is 1.28. The largest absolute Gasteiger partial charge is 0.311 e. The van der Waals surface area contributed by atoms with E-state index < -0.39 is 0 Å². The van der Waals surface area contributed by atoms with E-state index in [0.717, 1.165) is 27.6 Å². The van der Waals surface area contributed by atoms with Crippen LogP contribution in [0.5, 0.6) is 0 Å². The minimum Gasteiger partial charge on any atom is -0.311 e. The van der Waals surface area contributed by atoms with Gasteiger partial charge in [-0.2, -0.15) is 0 Å². The second kappa shape index (κ2) is 17.4. The van der Waals surface area contributed by atoms with Crippen LogP contribution in [0.2, 0.25) is 0 Å². The summed E-state index contributed by atoms with van der Waals surface area (Å²) in [6, 6.07) is 95.7. The Kier molecular flexibility index (Phi) is 10.1. The Morgan fingerprint density at radius 3 is 0.931 bits per heavy atom. The van der Waals surface area contributed by atoms with Crippen molar-refractivity contribution in [3.05, 3.63) is 333 Å². The minimum absolute atomic E-state index is 1.07. The number of fused-ring (bicyclic) bond motifs is 11. The summed E-state index contributed by atoms with van der Waals surface area (Å²) in [6.07, 6.45) is 0. The number of nitrogens with zero attached hydrogens (tertiary/aromatic N) is 2. The Balaban J connectivity index is 0.000000139. The molecule has 0 radical (unpaired) electrons. The SMILES string of the molecule is c1ccc(C2=C3C(=C(c4ccc(N(c5ccccc5)c5ccccc5)cc4)c4ccccc43)c3ccccc32)cc1.c1ccc(C2=C3C(=C(c4nc5ccccc5s4)c4ccccc43)c3ccccc32)cc1. The lowest BCUT2D eigenvalue weighted by atomic mass is 9.92. The average Bonchev–Trinajstić information content (AvgIpc) is 4.27. The number of allylic oxidation sites excluding steroid dienone is 4. The molecule has 0 bridgehead atoms. The van der Waals surface area contributed by atoms with Crippen molar-refractivity contribution in [3.63, 3.8) is 0 Å². The average molecular weight is 933 g/mol. The fraction of sp³-hybridized carbons (Fsp3) is 0. The molecule has 0 saturated heterocycles. The van der Waals surface area contributed by atoms with Crippen LogP contribution < -0.4 is 4.90 Å². The van der Waals surface area contributed by atoms with Crippen LogP contribution in [0, 0.1) is 0 Å². The highest BCUT2D eigenvalue weighted by atomic mass is 32.1. The zero-order chi connectivity index (χ0) is 47.5. The Hall–Kier alpha value is -9.15. The summed E-state index contributed by atoms with van der Waals surface area (Å²) in [4.78, 5) is 7.38. The first kappa shape index (κ1) is 41.8. The molecular weight excluding hydrogens is 889 g/mol. The molecule has 4 aliphatic carbocycles.